The smallest absolute Gasteiger partial charge is 0.241 e. The molecule has 332 valence electrons. The van der Waals surface area contributed by atoms with Crippen LogP contribution in [0, 0.1) is 6.92 Å². The minimum absolute atomic E-state index is 0.00442. The van der Waals surface area contributed by atoms with Gasteiger partial charge in [-0.1, -0.05) is 175 Å². The van der Waals surface area contributed by atoms with Gasteiger partial charge in [0.15, 0.2) is 6.29 Å². The molecule has 0 bridgehead atoms. The predicted octanol–water partition coefficient (Wildman–Crippen LogP) is 10.3. The second-order valence-electron chi connectivity index (χ2n) is 16.8. The number of rotatable bonds is 27. The number of nitrogens with one attached hydrogen (secondary N) is 2. The number of unbranched alkanes of at least 4 members (excludes halogenated alkanes) is 10. The van der Waals surface area contributed by atoms with Gasteiger partial charge in [-0.3, -0.25) is 4.79 Å². The van der Waals surface area contributed by atoms with Gasteiger partial charge in [-0.25, -0.2) is 8.42 Å². The fraction of sp³-hybridized carbons (Fsp3) is 0.510. The molecule has 1 aliphatic rings. The van der Waals surface area contributed by atoms with E-state index in [9.17, 15) is 18.3 Å². The van der Waals surface area contributed by atoms with Gasteiger partial charge in [-0.2, -0.15) is 4.72 Å². The Hall–Kier alpha value is -3.90. The average molecular weight is 854 g/mol. The summed E-state index contributed by atoms with van der Waals surface area (Å²) in [5, 5.41) is 12.7. The molecule has 1 heterocycles. The van der Waals surface area contributed by atoms with Crippen LogP contribution in [-0.2, 0) is 43.9 Å². The first-order valence-electron chi connectivity index (χ1n) is 22.9. The molecular weight excluding hydrogens is 783 g/mol. The quantitative estimate of drug-likeness (QED) is 0.0512. The number of aliphatic hydroxyl groups excluding tert-OH is 1. The molecule has 1 saturated heterocycles. The van der Waals surface area contributed by atoms with E-state index in [0.29, 0.717) is 0 Å². The highest BCUT2D eigenvalue weighted by molar-refractivity contribution is 7.89. The fourth-order valence-electron chi connectivity index (χ4n) is 7.96. The van der Waals surface area contributed by atoms with E-state index >= 15 is 0 Å². The molecule has 0 spiro atoms. The Morgan fingerprint density at radius 1 is 0.705 bits per heavy atom. The van der Waals surface area contributed by atoms with Crippen LogP contribution >= 0.6 is 0 Å². The average Bonchev–Trinajstić information content (AvgIpc) is 3.28. The highest BCUT2D eigenvalue weighted by Gasteiger charge is 2.33. The number of aliphatic hydroxyl groups is 1. The summed E-state index contributed by atoms with van der Waals surface area (Å²) >= 11 is 0. The van der Waals surface area contributed by atoms with Gasteiger partial charge in [0.2, 0.25) is 15.9 Å². The molecular formula is C51H71N3O6S. The van der Waals surface area contributed by atoms with Gasteiger partial charge in [-0.05, 0) is 73.7 Å². The standard InChI is InChI=1S/C51H71N3O6S/c1-4-6-8-10-12-17-33-54(34-18-13-11-9-7-5-2)38-46-36-49(44-27-25-43(39-55)26-28-44)60-51(59-46)45-29-23-42(24-30-45)37-52-50(56)48(35-41-19-15-14-16-20-41)53-61(57,58)47-31-21-40(3)22-32-47/h14-16,19-32,46,48-49,51,53,55H,4-13,17-18,33-39H2,1-3H3,(H,52,56). The van der Waals surface area contributed by atoms with Gasteiger partial charge < -0.3 is 24.8 Å². The number of hydrogen-bond donors (Lipinski definition) is 3. The number of aryl methyl sites for hydroxylation is 1. The lowest BCUT2D eigenvalue weighted by Crippen LogP contribution is -2.47. The van der Waals surface area contributed by atoms with Crippen LogP contribution < -0.4 is 10.0 Å². The van der Waals surface area contributed by atoms with Crippen LogP contribution in [0.3, 0.4) is 0 Å². The van der Waals surface area contributed by atoms with Crippen molar-refractivity contribution in [2.24, 2.45) is 0 Å². The van der Waals surface area contributed by atoms with E-state index in [1.807, 2.05) is 73.7 Å². The molecule has 4 atom stereocenters. The number of carbonyl (C=O) groups is 1. The zero-order valence-electron chi connectivity index (χ0n) is 36.9. The van der Waals surface area contributed by atoms with Gasteiger partial charge in [0.05, 0.1) is 23.7 Å². The Labute approximate surface area is 366 Å². The molecule has 0 aromatic heterocycles. The lowest BCUT2D eigenvalue weighted by molar-refractivity contribution is -0.253. The molecule has 5 rings (SSSR count). The molecule has 4 aromatic rings. The minimum Gasteiger partial charge on any atom is -0.392 e. The largest absolute Gasteiger partial charge is 0.392 e. The van der Waals surface area contributed by atoms with Crippen LogP contribution in [-0.4, -0.2) is 56.1 Å². The lowest BCUT2D eigenvalue weighted by Gasteiger charge is -2.38. The molecule has 3 N–H and O–H groups in total. The highest BCUT2D eigenvalue weighted by atomic mass is 32.2. The SMILES string of the molecule is CCCCCCCCN(CCCCCCCC)CC1CC(c2ccc(CO)cc2)OC(c2ccc(CNC(=O)C(Cc3ccccc3)NS(=O)(=O)c3ccc(C)cc3)cc2)O1. The van der Waals surface area contributed by atoms with E-state index in [1.165, 1.54) is 77.0 Å². The van der Waals surface area contributed by atoms with Crippen LogP contribution in [0.5, 0.6) is 0 Å². The van der Waals surface area contributed by atoms with Crippen molar-refractivity contribution in [3.63, 3.8) is 0 Å². The molecule has 61 heavy (non-hydrogen) atoms. The van der Waals surface area contributed by atoms with Crippen LogP contribution in [0.4, 0.5) is 0 Å². The molecule has 1 fully saturated rings. The maximum atomic E-state index is 13.7. The first kappa shape index (κ1) is 48.1. The van der Waals surface area contributed by atoms with Crippen molar-refractivity contribution in [3.05, 3.63) is 137 Å². The van der Waals surface area contributed by atoms with Crippen molar-refractivity contribution in [1.82, 2.24) is 14.9 Å². The summed E-state index contributed by atoms with van der Waals surface area (Å²) in [5.41, 5.74) is 5.48. The number of sulfonamides is 1. The van der Waals surface area contributed by atoms with E-state index in [1.54, 1.807) is 24.3 Å². The van der Waals surface area contributed by atoms with Gasteiger partial charge in [0, 0.05) is 25.1 Å². The normalized spacial score (nSPS) is 17.4. The molecule has 1 aliphatic heterocycles. The Bertz CT molecular complexity index is 1930. The summed E-state index contributed by atoms with van der Waals surface area (Å²) in [6, 6.07) is 30.9. The molecule has 0 saturated carbocycles. The minimum atomic E-state index is -3.95. The molecule has 9 nitrogen and oxygen atoms in total. The molecule has 0 aliphatic carbocycles. The van der Waals surface area contributed by atoms with Gasteiger partial charge in [0.1, 0.15) is 6.04 Å². The second kappa shape index (κ2) is 25.9. The lowest BCUT2D eigenvalue weighted by atomic mass is 9.99. The maximum absolute atomic E-state index is 13.7. The summed E-state index contributed by atoms with van der Waals surface area (Å²) in [5.74, 6) is -0.410. The van der Waals surface area contributed by atoms with Crippen molar-refractivity contribution < 1.29 is 27.8 Å². The van der Waals surface area contributed by atoms with Crippen LogP contribution in [0.25, 0.3) is 0 Å². The molecule has 10 heteroatoms. The topological polar surface area (TPSA) is 117 Å². The second-order valence-corrected chi connectivity index (χ2v) is 18.5. The third-order valence-corrected chi connectivity index (χ3v) is 13.2. The van der Waals surface area contributed by atoms with E-state index in [0.717, 1.165) is 59.4 Å². The van der Waals surface area contributed by atoms with E-state index in [4.69, 9.17) is 9.47 Å². The van der Waals surface area contributed by atoms with Crippen LogP contribution in [0.1, 0.15) is 143 Å². The monoisotopic (exact) mass is 854 g/mol. The van der Waals surface area contributed by atoms with Crippen LogP contribution in [0.15, 0.2) is 108 Å². The predicted molar refractivity (Wildman–Crippen MR) is 245 cm³/mol. The zero-order chi connectivity index (χ0) is 43.3. The molecule has 4 aromatic carbocycles. The van der Waals surface area contributed by atoms with Crippen molar-refractivity contribution in [2.45, 2.75) is 153 Å². The number of carbonyl (C=O) groups excluding carboxylic acids is 1. The summed E-state index contributed by atoms with van der Waals surface area (Å²) in [6.45, 7) is 9.63. The Balaban J connectivity index is 1.26. The summed E-state index contributed by atoms with van der Waals surface area (Å²) in [6.07, 6.45) is 15.4. The van der Waals surface area contributed by atoms with Crippen molar-refractivity contribution in [3.8, 4) is 0 Å². The third-order valence-electron chi connectivity index (χ3n) is 11.7. The molecule has 0 radical (unpaired) electrons. The van der Waals surface area contributed by atoms with Crippen molar-refractivity contribution >= 4 is 15.9 Å². The maximum Gasteiger partial charge on any atom is 0.241 e. The number of ether oxygens (including phenoxy) is 2. The number of amides is 1. The van der Waals surface area contributed by atoms with Crippen LogP contribution in [0.2, 0.25) is 0 Å². The third kappa shape index (κ3) is 16.4. The highest BCUT2D eigenvalue weighted by Crippen LogP contribution is 2.38. The number of nitrogens with zero attached hydrogens (tertiary/aromatic N) is 1. The summed E-state index contributed by atoms with van der Waals surface area (Å²) < 4.78 is 42.9. The van der Waals surface area contributed by atoms with Gasteiger partial charge >= 0.3 is 0 Å². The Kier molecular flexibility index (Phi) is 20.4. The first-order valence-corrected chi connectivity index (χ1v) is 24.4. The number of hydrogen-bond acceptors (Lipinski definition) is 7. The Morgan fingerprint density at radius 2 is 1.28 bits per heavy atom. The summed E-state index contributed by atoms with van der Waals surface area (Å²) in [4.78, 5) is 16.4. The van der Waals surface area contributed by atoms with E-state index in [2.05, 4.69) is 40.9 Å². The zero-order valence-corrected chi connectivity index (χ0v) is 37.7. The van der Waals surface area contributed by atoms with Gasteiger partial charge in [-0.15, -0.1) is 0 Å². The van der Waals surface area contributed by atoms with E-state index in [-0.39, 0.29) is 36.7 Å². The van der Waals surface area contributed by atoms with Crippen molar-refractivity contribution in [1.29, 1.82) is 0 Å². The Morgan fingerprint density at radius 3 is 1.89 bits per heavy atom. The van der Waals surface area contributed by atoms with Gasteiger partial charge in [0.25, 0.3) is 0 Å². The van der Waals surface area contributed by atoms with E-state index < -0.39 is 28.3 Å². The first-order chi connectivity index (χ1) is 29.7. The molecule has 4 unspecified atom stereocenters. The summed E-state index contributed by atoms with van der Waals surface area (Å²) in [7, 11) is -3.95. The van der Waals surface area contributed by atoms with Crippen molar-refractivity contribution in [2.75, 3.05) is 19.6 Å². The fourth-order valence-corrected chi connectivity index (χ4v) is 9.16. The molecule has 1 amide bonds. The number of benzene rings is 4.